The molecule has 0 aromatic heterocycles. The number of nitrogens with one attached hydrogen (secondary N) is 1. The van der Waals surface area contributed by atoms with E-state index in [1.165, 1.54) is 13.2 Å². The van der Waals surface area contributed by atoms with Crippen molar-refractivity contribution in [1.82, 2.24) is 5.32 Å². The number of benzene rings is 2. The Labute approximate surface area is 118 Å². The highest BCUT2D eigenvalue weighted by atomic mass is 19.1. The van der Waals surface area contributed by atoms with Gasteiger partial charge in [0, 0.05) is 12.1 Å². The normalized spacial score (nSPS) is 10.3. The Morgan fingerprint density at radius 2 is 1.90 bits per heavy atom. The van der Waals surface area contributed by atoms with Crippen molar-refractivity contribution in [3.05, 3.63) is 59.4 Å². The molecule has 2 aromatic carbocycles. The second-order valence-corrected chi connectivity index (χ2v) is 4.40. The van der Waals surface area contributed by atoms with Gasteiger partial charge in [-0.2, -0.15) is 0 Å². The van der Waals surface area contributed by atoms with E-state index >= 15 is 0 Å². The summed E-state index contributed by atoms with van der Waals surface area (Å²) < 4.78 is 24.2. The first-order chi connectivity index (χ1) is 9.74. The monoisotopic (exact) mass is 275 g/mol. The smallest absolute Gasteiger partial charge is 0.165 e. The number of halogens is 1. The summed E-state index contributed by atoms with van der Waals surface area (Å²) >= 11 is 0. The van der Waals surface area contributed by atoms with E-state index in [1.54, 1.807) is 12.1 Å². The van der Waals surface area contributed by atoms with Crippen molar-refractivity contribution >= 4 is 0 Å². The van der Waals surface area contributed by atoms with Crippen LogP contribution in [0.1, 0.15) is 11.1 Å². The van der Waals surface area contributed by atoms with Crippen molar-refractivity contribution in [3.8, 4) is 11.5 Å². The Bertz CT molecular complexity index is 572. The predicted molar refractivity (Wildman–Crippen MR) is 76.5 cm³/mol. The van der Waals surface area contributed by atoms with Crippen LogP contribution in [0.15, 0.2) is 42.5 Å². The van der Waals surface area contributed by atoms with Crippen molar-refractivity contribution in [3.63, 3.8) is 0 Å². The van der Waals surface area contributed by atoms with Gasteiger partial charge in [-0.05, 0) is 30.8 Å². The summed E-state index contributed by atoms with van der Waals surface area (Å²) in [5.74, 6) is 0.666. The highest BCUT2D eigenvalue weighted by Crippen LogP contribution is 2.21. The molecular weight excluding hydrogens is 257 g/mol. The van der Waals surface area contributed by atoms with Gasteiger partial charge in [0.15, 0.2) is 11.6 Å². The third-order valence-corrected chi connectivity index (χ3v) is 2.95. The van der Waals surface area contributed by atoms with E-state index in [0.29, 0.717) is 6.61 Å². The highest BCUT2D eigenvalue weighted by molar-refractivity contribution is 5.34. The fraction of sp³-hybridized carbons (Fsp3) is 0.250. The lowest BCUT2D eigenvalue weighted by atomic mass is 10.2. The summed E-state index contributed by atoms with van der Waals surface area (Å²) in [5.41, 5.74) is 1.84. The molecule has 2 aromatic rings. The largest absolute Gasteiger partial charge is 0.494 e. The Hall–Kier alpha value is -2.07. The van der Waals surface area contributed by atoms with Crippen molar-refractivity contribution in [2.45, 2.75) is 13.2 Å². The van der Waals surface area contributed by atoms with Crippen LogP contribution >= 0.6 is 0 Å². The van der Waals surface area contributed by atoms with Gasteiger partial charge in [0.2, 0.25) is 0 Å². The molecule has 0 unspecified atom stereocenters. The molecule has 0 aliphatic rings. The van der Waals surface area contributed by atoms with Crippen molar-refractivity contribution in [2.24, 2.45) is 0 Å². The van der Waals surface area contributed by atoms with Crippen LogP contribution in [0, 0.1) is 5.82 Å². The van der Waals surface area contributed by atoms with Crippen molar-refractivity contribution in [1.29, 1.82) is 0 Å². The first-order valence-electron chi connectivity index (χ1n) is 6.42. The number of methoxy groups -OCH3 is 1. The number of hydrogen-bond acceptors (Lipinski definition) is 3. The van der Waals surface area contributed by atoms with Gasteiger partial charge in [-0.15, -0.1) is 0 Å². The molecule has 20 heavy (non-hydrogen) atoms. The average Bonchev–Trinajstić information content (AvgIpc) is 2.47. The van der Waals surface area contributed by atoms with E-state index in [1.807, 2.05) is 31.3 Å². The van der Waals surface area contributed by atoms with Crippen LogP contribution in [0.5, 0.6) is 11.5 Å². The third-order valence-electron chi connectivity index (χ3n) is 2.95. The molecule has 0 radical (unpaired) electrons. The lowest BCUT2D eigenvalue weighted by Gasteiger charge is -2.11. The van der Waals surface area contributed by atoms with E-state index in [9.17, 15) is 4.39 Å². The number of ether oxygens (including phenoxy) is 2. The fourth-order valence-electron chi connectivity index (χ4n) is 1.94. The van der Waals surface area contributed by atoms with Crippen molar-refractivity contribution in [2.75, 3.05) is 14.2 Å². The van der Waals surface area contributed by atoms with Gasteiger partial charge in [0.05, 0.1) is 7.11 Å². The molecule has 0 fully saturated rings. The molecule has 0 atom stereocenters. The fourth-order valence-corrected chi connectivity index (χ4v) is 1.94. The number of hydrogen-bond donors (Lipinski definition) is 1. The second kappa shape index (κ2) is 6.91. The van der Waals surface area contributed by atoms with E-state index in [-0.39, 0.29) is 11.6 Å². The van der Waals surface area contributed by atoms with Crippen LogP contribution in [-0.2, 0) is 13.2 Å². The molecule has 0 amide bonds. The molecular formula is C16H18FNO2. The predicted octanol–water partition coefficient (Wildman–Crippen LogP) is 3.13. The zero-order chi connectivity index (χ0) is 14.4. The molecule has 106 valence electrons. The standard InChI is InChI=1S/C16H18FNO2/c1-18-10-13-5-3-4-6-15(13)20-11-12-7-8-16(19-2)14(17)9-12/h3-9,18H,10-11H2,1-2H3. The maximum atomic E-state index is 13.6. The maximum Gasteiger partial charge on any atom is 0.165 e. The van der Waals surface area contributed by atoms with Gasteiger partial charge in [0.1, 0.15) is 12.4 Å². The van der Waals surface area contributed by atoms with Gasteiger partial charge >= 0.3 is 0 Å². The molecule has 2 rings (SSSR count). The first kappa shape index (κ1) is 14.3. The minimum Gasteiger partial charge on any atom is -0.494 e. The Kier molecular flexibility index (Phi) is 4.96. The maximum absolute atomic E-state index is 13.6. The van der Waals surface area contributed by atoms with Crippen LogP contribution in [0.25, 0.3) is 0 Å². The minimum atomic E-state index is -0.378. The Morgan fingerprint density at radius 1 is 1.10 bits per heavy atom. The number of rotatable bonds is 6. The van der Waals surface area contributed by atoms with Crippen molar-refractivity contribution < 1.29 is 13.9 Å². The molecule has 3 nitrogen and oxygen atoms in total. The Morgan fingerprint density at radius 3 is 2.60 bits per heavy atom. The molecule has 0 saturated carbocycles. The van der Waals surface area contributed by atoms with Crippen LogP contribution < -0.4 is 14.8 Å². The molecule has 0 aliphatic heterocycles. The molecule has 0 spiro atoms. The summed E-state index contributed by atoms with van der Waals surface area (Å²) in [6.45, 7) is 1.05. The highest BCUT2D eigenvalue weighted by Gasteiger charge is 2.06. The third kappa shape index (κ3) is 3.48. The lowest BCUT2D eigenvalue weighted by molar-refractivity contribution is 0.301. The van der Waals surface area contributed by atoms with E-state index in [4.69, 9.17) is 9.47 Å². The quantitative estimate of drug-likeness (QED) is 0.878. The summed E-state index contributed by atoms with van der Waals surface area (Å²) in [5, 5.41) is 3.09. The van der Waals surface area contributed by atoms with Gasteiger partial charge in [-0.1, -0.05) is 24.3 Å². The summed E-state index contributed by atoms with van der Waals surface area (Å²) in [7, 11) is 3.33. The summed E-state index contributed by atoms with van der Waals surface area (Å²) in [6, 6.07) is 12.6. The first-order valence-corrected chi connectivity index (χ1v) is 6.42. The zero-order valence-electron chi connectivity index (χ0n) is 11.7. The van der Waals surface area contributed by atoms with E-state index in [2.05, 4.69) is 5.32 Å². The molecule has 0 aliphatic carbocycles. The van der Waals surface area contributed by atoms with Crippen LogP contribution in [0.3, 0.4) is 0 Å². The molecule has 0 saturated heterocycles. The van der Waals surface area contributed by atoms with Crippen LogP contribution in [0.2, 0.25) is 0 Å². The second-order valence-electron chi connectivity index (χ2n) is 4.40. The Balaban J connectivity index is 2.07. The zero-order valence-corrected chi connectivity index (χ0v) is 11.7. The molecule has 0 heterocycles. The minimum absolute atomic E-state index is 0.240. The van der Waals surface area contributed by atoms with Gasteiger partial charge in [-0.25, -0.2) is 4.39 Å². The topological polar surface area (TPSA) is 30.5 Å². The molecule has 1 N–H and O–H groups in total. The van der Waals surface area contributed by atoms with E-state index in [0.717, 1.165) is 23.4 Å². The van der Waals surface area contributed by atoms with Gasteiger partial charge < -0.3 is 14.8 Å². The SMILES string of the molecule is CNCc1ccccc1OCc1ccc(OC)c(F)c1. The lowest BCUT2D eigenvalue weighted by Crippen LogP contribution is -2.07. The summed E-state index contributed by atoms with van der Waals surface area (Å²) in [4.78, 5) is 0. The van der Waals surface area contributed by atoms with Gasteiger partial charge in [-0.3, -0.25) is 0 Å². The average molecular weight is 275 g/mol. The van der Waals surface area contributed by atoms with Crippen LogP contribution in [-0.4, -0.2) is 14.2 Å². The number of para-hydroxylation sites is 1. The van der Waals surface area contributed by atoms with Gasteiger partial charge in [0.25, 0.3) is 0 Å². The molecule has 0 bridgehead atoms. The summed E-state index contributed by atoms with van der Waals surface area (Å²) in [6.07, 6.45) is 0. The molecule has 4 heteroatoms. The van der Waals surface area contributed by atoms with Crippen LogP contribution in [0.4, 0.5) is 4.39 Å². The van der Waals surface area contributed by atoms with E-state index < -0.39 is 0 Å².